The van der Waals surface area contributed by atoms with Crippen LogP contribution in [-0.2, 0) is 0 Å². The first-order valence-electron chi connectivity index (χ1n) is 10.2. The Kier molecular flexibility index (Phi) is 6.27. The van der Waals surface area contributed by atoms with E-state index >= 15 is 0 Å². The molecule has 3 heterocycles. The number of carbonyl (C=O) groups is 1. The number of carbonyl (C=O) groups excluding carboxylic acids is 1. The monoisotopic (exact) mass is 387 g/mol. The number of ether oxygens (including phenoxy) is 1. The van der Waals surface area contributed by atoms with Crippen molar-refractivity contribution in [3.05, 3.63) is 72.2 Å². The number of aromatic nitrogens is 2. The summed E-state index contributed by atoms with van der Waals surface area (Å²) < 4.78 is 5.93. The highest BCUT2D eigenvalue weighted by Crippen LogP contribution is 2.20. The number of hydrogen-bond donors (Lipinski definition) is 0. The minimum atomic E-state index is -0.120. The van der Waals surface area contributed by atoms with Crippen LogP contribution in [0.5, 0.6) is 5.75 Å². The normalized spacial score (nSPS) is 15.0. The molecule has 0 amide bonds. The Labute approximate surface area is 171 Å². The number of allylic oxidation sites excluding steroid dienone is 1. The Morgan fingerprint density at radius 3 is 2.69 bits per heavy atom. The van der Waals surface area contributed by atoms with Gasteiger partial charge in [0.1, 0.15) is 18.1 Å². The maximum absolute atomic E-state index is 12.4. The zero-order valence-corrected chi connectivity index (χ0v) is 16.5. The number of ketones is 1. The summed E-state index contributed by atoms with van der Waals surface area (Å²) in [6, 6.07) is 13.2. The zero-order valence-electron chi connectivity index (χ0n) is 16.5. The van der Waals surface area contributed by atoms with Crippen molar-refractivity contribution in [2.75, 3.05) is 26.2 Å². The van der Waals surface area contributed by atoms with Crippen LogP contribution in [0, 0.1) is 0 Å². The number of pyridine rings is 2. The summed E-state index contributed by atoms with van der Waals surface area (Å²) in [6.45, 7) is 4.01. The molecule has 1 fully saturated rings. The summed E-state index contributed by atoms with van der Waals surface area (Å²) in [5, 5.41) is 0.968. The molecule has 1 aromatic carbocycles. The van der Waals surface area contributed by atoms with Gasteiger partial charge in [-0.3, -0.25) is 14.7 Å². The van der Waals surface area contributed by atoms with Gasteiger partial charge in [-0.05, 0) is 74.0 Å². The lowest BCUT2D eigenvalue weighted by Crippen LogP contribution is -2.33. The molecule has 0 aliphatic carbocycles. The predicted molar refractivity (Wildman–Crippen MR) is 115 cm³/mol. The summed E-state index contributed by atoms with van der Waals surface area (Å²) in [5.74, 6) is 0.721. The van der Waals surface area contributed by atoms with Gasteiger partial charge >= 0.3 is 0 Å². The first-order valence-corrected chi connectivity index (χ1v) is 10.2. The van der Waals surface area contributed by atoms with Gasteiger partial charge in [0.2, 0.25) is 5.78 Å². The van der Waals surface area contributed by atoms with Crippen LogP contribution in [0.25, 0.3) is 17.0 Å². The van der Waals surface area contributed by atoms with Crippen molar-refractivity contribution in [2.24, 2.45) is 0 Å². The number of hydrogen-bond acceptors (Lipinski definition) is 5. The Morgan fingerprint density at radius 2 is 1.86 bits per heavy atom. The number of likely N-dealkylation sites (tertiary alicyclic amines) is 1. The first kappa shape index (κ1) is 19.3. The Morgan fingerprint density at radius 1 is 1.03 bits per heavy atom. The largest absolute Gasteiger partial charge is 0.492 e. The first-order chi connectivity index (χ1) is 14.3. The summed E-state index contributed by atoms with van der Waals surface area (Å²) in [7, 11) is 0. The third-order valence-electron chi connectivity index (χ3n) is 5.17. The number of fused-ring (bicyclic) bond motifs is 1. The van der Waals surface area contributed by atoms with Gasteiger partial charge in [0.15, 0.2) is 0 Å². The molecule has 0 spiro atoms. The van der Waals surface area contributed by atoms with Crippen LogP contribution in [0.4, 0.5) is 0 Å². The predicted octanol–water partition coefficient (Wildman–Crippen LogP) is 4.39. The molecule has 3 aromatic rings. The summed E-state index contributed by atoms with van der Waals surface area (Å²) in [6.07, 6.45) is 10.6. The molecule has 2 aromatic heterocycles. The van der Waals surface area contributed by atoms with E-state index in [2.05, 4.69) is 14.9 Å². The minimum absolute atomic E-state index is 0.120. The second-order valence-electron chi connectivity index (χ2n) is 7.28. The van der Waals surface area contributed by atoms with Crippen molar-refractivity contribution in [1.82, 2.24) is 14.9 Å². The van der Waals surface area contributed by atoms with E-state index < -0.39 is 0 Å². The molecular formula is C24H25N3O2. The molecular weight excluding hydrogens is 362 g/mol. The lowest BCUT2D eigenvalue weighted by Gasteiger charge is -2.26. The molecule has 0 atom stereocenters. The Bertz CT molecular complexity index is 995. The SMILES string of the molecule is O=C(C=Cc1ccncc1)c1ccc2cc(OCCN3CCCCC3)ccc2n1. The van der Waals surface area contributed by atoms with Gasteiger partial charge in [-0.25, -0.2) is 4.98 Å². The highest BCUT2D eigenvalue weighted by Gasteiger charge is 2.10. The third-order valence-corrected chi connectivity index (χ3v) is 5.17. The highest BCUT2D eigenvalue weighted by atomic mass is 16.5. The van der Waals surface area contributed by atoms with Crippen molar-refractivity contribution in [3.63, 3.8) is 0 Å². The maximum Gasteiger partial charge on any atom is 0.204 e. The standard InChI is InChI=1S/C24H25N3O2/c28-24(9-4-19-10-12-25-13-11-19)23-7-5-20-18-21(6-8-22(20)26-23)29-17-16-27-14-2-1-3-15-27/h4-13,18H,1-3,14-17H2. The Hall–Kier alpha value is -3.05. The van der Waals surface area contributed by atoms with Crippen molar-refractivity contribution >= 4 is 22.8 Å². The van der Waals surface area contributed by atoms with Gasteiger partial charge in [-0.15, -0.1) is 0 Å². The summed E-state index contributed by atoms with van der Waals surface area (Å²) in [4.78, 5) is 23.4. The summed E-state index contributed by atoms with van der Waals surface area (Å²) in [5.41, 5.74) is 2.15. The third kappa shape index (κ3) is 5.27. The molecule has 0 radical (unpaired) electrons. The van der Waals surface area contributed by atoms with Gasteiger partial charge in [0, 0.05) is 24.3 Å². The maximum atomic E-state index is 12.4. The molecule has 5 nitrogen and oxygen atoms in total. The van der Waals surface area contributed by atoms with Crippen molar-refractivity contribution < 1.29 is 9.53 Å². The van der Waals surface area contributed by atoms with E-state index in [1.54, 1.807) is 30.6 Å². The van der Waals surface area contributed by atoms with E-state index in [-0.39, 0.29) is 5.78 Å². The number of benzene rings is 1. The fourth-order valence-electron chi connectivity index (χ4n) is 3.54. The lowest BCUT2D eigenvalue weighted by molar-refractivity contribution is 0.104. The van der Waals surface area contributed by atoms with Crippen LogP contribution in [0.3, 0.4) is 0 Å². The van der Waals surface area contributed by atoms with Gasteiger partial charge < -0.3 is 4.74 Å². The molecule has 0 bridgehead atoms. The molecule has 29 heavy (non-hydrogen) atoms. The van der Waals surface area contributed by atoms with Gasteiger partial charge in [-0.1, -0.05) is 18.6 Å². The molecule has 0 saturated carbocycles. The van der Waals surface area contributed by atoms with Crippen molar-refractivity contribution in [3.8, 4) is 5.75 Å². The molecule has 148 valence electrons. The molecule has 0 N–H and O–H groups in total. The quantitative estimate of drug-likeness (QED) is 0.444. The van der Waals surface area contributed by atoms with Crippen molar-refractivity contribution in [1.29, 1.82) is 0 Å². The van der Waals surface area contributed by atoms with Crippen molar-refractivity contribution in [2.45, 2.75) is 19.3 Å². The number of rotatable bonds is 7. The van der Waals surface area contributed by atoms with Crippen LogP contribution in [0.15, 0.2) is 60.9 Å². The number of nitrogens with zero attached hydrogens (tertiary/aromatic N) is 3. The van der Waals surface area contributed by atoms with E-state index in [4.69, 9.17) is 4.74 Å². The zero-order chi connectivity index (χ0) is 19.9. The second-order valence-corrected chi connectivity index (χ2v) is 7.28. The number of piperidine rings is 1. The average Bonchev–Trinajstić information content (AvgIpc) is 2.78. The molecule has 1 aliphatic rings. The molecule has 0 unspecified atom stereocenters. The smallest absolute Gasteiger partial charge is 0.204 e. The molecule has 1 saturated heterocycles. The van der Waals surface area contributed by atoms with Gasteiger partial charge in [0.25, 0.3) is 0 Å². The van der Waals surface area contributed by atoms with Crippen LogP contribution in [0.1, 0.15) is 35.3 Å². The van der Waals surface area contributed by atoms with Crippen LogP contribution in [-0.4, -0.2) is 46.9 Å². The summed E-state index contributed by atoms with van der Waals surface area (Å²) >= 11 is 0. The van der Waals surface area contributed by atoms with E-state index in [1.165, 1.54) is 32.4 Å². The van der Waals surface area contributed by atoms with E-state index in [9.17, 15) is 4.79 Å². The van der Waals surface area contributed by atoms with E-state index in [1.807, 2.05) is 36.4 Å². The lowest BCUT2D eigenvalue weighted by atomic mass is 10.1. The average molecular weight is 387 g/mol. The topological polar surface area (TPSA) is 55.3 Å². The van der Waals surface area contributed by atoms with Crippen LogP contribution >= 0.6 is 0 Å². The minimum Gasteiger partial charge on any atom is -0.492 e. The molecule has 4 rings (SSSR count). The van der Waals surface area contributed by atoms with Gasteiger partial charge in [0.05, 0.1) is 5.52 Å². The van der Waals surface area contributed by atoms with E-state index in [0.717, 1.165) is 28.8 Å². The Balaban J connectivity index is 1.38. The highest BCUT2D eigenvalue weighted by molar-refractivity contribution is 6.06. The molecule has 5 heteroatoms. The van der Waals surface area contributed by atoms with E-state index in [0.29, 0.717) is 12.3 Å². The fraction of sp³-hybridized carbons (Fsp3) is 0.292. The van der Waals surface area contributed by atoms with Crippen LogP contribution in [0.2, 0.25) is 0 Å². The van der Waals surface area contributed by atoms with Crippen LogP contribution < -0.4 is 4.74 Å². The fourth-order valence-corrected chi connectivity index (χ4v) is 3.54. The van der Waals surface area contributed by atoms with Gasteiger partial charge in [-0.2, -0.15) is 0 Å². The molecule has 1 aliphatic heterocycles. The second kappa shape index (κ2) is 9.43.